The van der Waals surface area contributed by atoms with Crippen LogP contribution in [-0.4, -0.2) is 29.3 Å². The zero-order valence-electron chi connectivity index (χ0n) is 9.39. The highest BCUT2D eigenvalue weighted by Crippen LogP contribution is 2.22. The number of benzene rings is 1. The highest BCUT2D eigenvalue weighted by atomic mass is 16.5. The van der Waals surface area contributed by atoms with E-state index in [1.807, 2.05) is 18.3 Å². The minimum atomic E-state index is 0.264. The van der Waals surface area contributed by atoms with Gasteiger partial charge in [0.25, 0.3) is 0 Å². The first kappa shape index (κ1) is 10.4. The van der Waals surface area contributed by atoms with Gasteiger partial charge in [-0.25, -0.2) is 0 Å². The molecule has 1 atom stereocenters. The minimum Gasteiger partial charge on any atom is -0.508 e. The van der Waals surface area contributed by atoms with E-state index >= 15 is 0 Å². The Morgan fingerprint density at radius 3 is 3.12 bits per heavy atom. The van der Waals surface area contributed by atoms with Gasteiger partial charge in [0.05, 0.1) is 30.0 Å². The van der Waals surface area contributed by atoms with Crippen molar-refractivity contribution >= 4 is 16.6 Å². The summed E-state index contributed by atoms with van der Waals surface area (Å²) in [5, 5.41) is 13.8. The molecule has 1 unspecified atom stereocenters. The summed E-state index contributed by atoms with van der Waals surface area (Å²) in [5.41, 5.74) is 1.86. The average Bonchev–Trinajstić information content (AvgIpc) is 2.81. The molecule has 0 saturated carbocycles. The Morgan fingerprint density at radius 1 is 1.35 bits per heavy atom. The Balaban J connectivity index is 1.89. The van der Waals surface area contributed by atoms with E-state index < -0.39 is 0 Å². The van der Waals surface area contributed by atoms with E-state index in [1.165, 1.54) is 0 Å². The summed E-state index contributed by atoms with van der Waals surface area (Å²) in [5.74, 6) is 0.264. The first-order chi connectivity index (χ1) is 8.31. The number of anilines is 1. The van der Waals surface area contributed by atoms with Crippen LogP contribution in [0.3, 0.4) is 0 Å². The van der Waals surface area contributed by atoms with Crippen LogP contribution in [-0.2, 0) is 4.74 Å². The van der Waals surface area contributed by atoms with Gasteiger partial charge in [-0.05, 0) is 30.7 Å². The van der Waals surface area contributed by atoms with Crippen molar-refractivity contribution in [3.63, 3.8) is 0 Å². The number of hydrogen-bond acceptors (Lipinski definition) is 4. The summed E-state index contributed by atoms with van der Waals surface area (Å²) in [6.45, 7) is 1.57. The number of pyridine rings is 1. The maximum Gasteiger partial charge on any atom is 0.116 e. The van der Waals surface area contributed by atoms with Crippen molar-refractivity contribution in [1.29, 1.82) is 0 Å². The molecule has 17 heavy (non-hydrogen) atoms. The van der Waals surface area contributed by atoms with Crippen molar-refractivity contribution in [1.82, 2.24) is 4.98 Å². The molecule has 1 fully saturated rings. The Kier molecular flexibility index (Phi) is 2.57. The quantitative estimate of drug-likeness (QED) is 0.830. The predicted octanol–water partition coefficient (Wildman–Crippen LogP) is 2.14. The van der Waals surface area contributed by atoms with E-state index in [4.69, 9.17) is 4.74 Å². The topological polar surface area (TPSA) is 54.4 Å². The fourth-order valence-corrected chi connectivity index (χ4v) is 2.08. The second kappa shape index (κ2) is 4.22. The molecule has 1 aromatic carbocycles. The van der Waals surface area contributed by atoms with Crippen LogP contribution in [0.5, 0.6) is 5.75 Å². The smallest absolute Gasteiger partial charge is 0.116 e. The molecule has 0 bridgehead atoms. The lowest BCUT2D eigenvalue weighted by molar-refractivity contribution is 0.195. The molecule has 2 N–H and O–H groups in total. The highest BCUT2D eigenvalue weighted by Gasteiger charge is 2.15. The zero-order valence-corrected chi connectivity index (χ0v) is 9.39. The molecule has 0 radical (unpaired) electrons. The fourth-order valence-electron chi connectivity index (χ4n) is 2.08. The molecule has 0 aliphatic carbocycles. The molecule has 0 spiro atoms. The van der Waals surface area contributed by atoms with Gasteiger partial charge in [-0.1, -0.05) is 0 Å². The van der Waals surface area contributed by atoms with Crippen LogP contribution in [0.4, 0.5) is 5.69 Å². The number of phenolic OH excluding ortho intramolecular Hbond substituents is 1. The summed E-state index contributed by atoms with van der Waals surface area (Å²) in [4.78, 5) is 4.35. The molecule has 88 valence electrons. The Bertz CT molecular complexity index is 536. The lowest BCUT2D eigenvalue weighted by atomic mass is 10.2. The molecule has 3 rings (SSSR count). The van der Waals surface area contributed by atoms with Gasteiger partial charge in [-0.2, -0.15) is 0 Å². The van der Waals surface area contributed by atoms with Crippen molar-refractivity contribution < 1.29 is 9.84 Å². The van der Waals surface area contributed by atoms with Gasteiger partial charge in [0, 0.05) is 12.0 Å². The molecule has 2 aromatic rings. The number of nitrogens with one attached hydrogen (secondary N) is 1. The van der Waals surface area contributed by atoms with Gasteiger partial charge >= 0.3 is 0 Å². The van der Waals surface area contributed by atoms with Gasteiger partial charge in [0.15, 0.2) is 0 Å². The van der Waals surface area contributed by atoms with E-state index in [9.17, 15) is 5.11 Å². The number of fused-ring (bicyclic) bond motifs is 1. The Labute approximate surface area is 99.2 Å². The molecule has 1 aliphatic heterocycles. The summed E-state index contributed by atoms with van der Waals surface area (Å²) in [6.07, 6.45) is 2.84. The largest absolute Gasteiger partial charge is 0.508 e. The van der Waals surface area contributed by atoms with Crippen LogP contribution in [0.2, 0.25) is 0 Å². The number of aromatic hydroxyl groups is 1. The number of nitrogens with zero attached hydrogens (tertiary/aromatic N) is 1. The molecule has 4 heteroatoms. The second-order valence-corrected chi connectivity index (χ2v) is 4.31. The van der Waals surface area contributed by atoms with Gasteiger partial charge in [-0.3, -0.25) is 4.98 Å². The third kappa shape index (κ3) is 2.17. The third-order valence-corrected chi connectivity index (χ3v) is 2.97. The van der Waals surface area contributed by atoms with Crippen molar-refractivity contribution in [2.45, 2.75) is 12.5 Å². The van der Waals surface area contributed by atoms with E-state index in [-0.39, 0.29) is 5.75 Å². The van der Waals surface area contributed by atoms with Crippen molar-refractivity contribution in [3.05, 3.63) is 30.5 Å². The van der Waals surface area contributed by atoms with Crippen LogP contribution in [0.15, 0.2) is 30.5 Å². The molecule has 1 aromatic heterocycles. The number of aromatic nitrogens is 1. The third-order valence-electron chi connectivity index (χ3n) is 2.97. The number of hydrogen-bond donors (Lipinski definition) is 2. The van der Waals surface area contributed by atoms with E-state index in [0.29, 0.717) is 6.04 Å². The first-order valence-electron chi connectivity index (χ1n) is 5.74. The minimum absolute atomic E-state index is 0.264. The lowest BCUT2D eigenvalue weighted by Gasteiger charge is -2.12. The van der Waals surface area contributed by atoms with Crippen LogP contribution < -0.4 is 5.32 Å². The van der Waals surface area contributed by atoms with Gasteiger partial charge in [0.2, 0.25) is 0 Å². The lowest BCUT2D eigenvalue weighted by Crippen LogP contribution is -2.18. The number of ether oxygens (including phenoxy) is 1. The van der Waals surface area contributed by atoms with Crippen LogP contribution in [0, 0.1) is 0 Å². The predicted molar refractivity (Wildman–Crippen MR) is 66.3 cm³/mol. The first-order valence-corrected chi connectivity index (χ1v) is 5.74. The van der Waals surface area contributed by atoms with Crippen LogP contribution in [0.1, 0.15) is 6.42 Å². The second-order valence-electron chi connectivity index (χ2n) is 4.31. The van der Waals surface area contributed by atoms with Crippen LogP contribution >= 0.6 is 0 Å². The van der Waals surface area contributed by atoms with Gasteiger partial charge in [0.1, 0.15) is 5.75 Å². The molecule has 4 nitrogen and oxygen atoms in total. The number of phenols is 1. The van der Waals surface area contributed by atoms with E-state index in [0.717, 1.165) is 36.2 Å². The normalized spacial score (nSPS) is 19.6. The maximum absolute atomic E-state index is 9.44. The maximum atomic E-state index is 9.44. The summed E-state index contributed by atoms with van der Waals surface area (Å²) >= 11 is 0. The van der Waals surface area contributed by atoms with Gasteiger partial charge in [-0.15, -0.1) is 0 Å². The van der Waals surface area contributed by atoms with Crippen molar-refractivity contribution in [2.75, 3.05) is 18.5 Å². The van der Waals surface area contributed by atoms with E-state index in [1.54, 1.807) is 12.1 Å². The average molecular weight is 230 g/mol. The molecule has 0 amide bonds. The summed E-state index contributed by atoms with van der Waals surface area (Å²) < 4.78 is 5.31. The summed E-state index contributed by atoms with van der Waals surface area (Å²) in [7, 11) is 0. The van der Waals surface area contributed by atoms with Crippen molar-refractivity contribution in [3.8, 4) is 5.75 Å². The molecular weight excluding hydrogens is 216 g/mol. The number of rotatable bonds is 2. The molecule has 1 aliphatic rings. The van der Waals surface area contributed by atoms with E-state index in [2.05, 4.69) is 10.3 Å². The Hall–Kier alpha value is -1.81. The van der Waals surface area contributed by atoms with Gasteiger partial charge < -0.3 is 15.2 Å². The monoisotopic (exact) mass is 230 g/mol. The van der Waals surface area contributed by atoms with Crippen LogP contribution in [0.25, 0.3) is 10.9 Å². The SMILES string of the molecule is Oc1ccc2ncc(NC3CCOC3)cc2c1. The van der Waals surface area contributed by atoms with Crippen molar-refractivity contribution in [2.24, 2.45) is 0 Å². The zero-order chi connectivity index (χ0) is 11.7. The fraction of sp³-hybridized carbons (Fsp3) is 0.308. The molecular formula is C13H14N2O2. The Morgan fingerprint density at radius 2 is 2.29 bits per heavy atom. The highest BCUT2D eigenvalue weighted by molar-refractivity contribution is 5.82. The molecule has 1 saturated heterocycles. The summed E-state index contributed by atoms with van der Waals surface area (Å²) in [6, 6.07) is 7.55. The molecule has 2 heterocycles. The standard InChI is InChI=1S/C13H14N2O2/c16-12-1-2-13-9(6-12)5-11(7-14-13)15-10-3-4-17-8-10/h1-2,5-7,10,15-16H,3-4,8H2.